The largest absolute Gasteiger partial charge is 0.310 e. The van der Waals surface area contributed by atoms with Crippen LogP contribution in [0.4, 0.5) is 0 Å². The lowest BCUT2D eigenvalue weighted by Gasteiger charge is -2.21. The highest BCUT2D eigenvalue weighted by atomic mass is 35.5. The van der Waals surface area contributed by atoms with E-state index in [-0.39, 0.29) is 6.04 Å². The molecule has 2 aromatic rings. The van der Waals surface area contributed by atoms with E-state index in [1.165, 1.54) is 11.1 Å². The predicted molar refractivity (Wildman–Crippen MR) is 92.8 cm³/mol. The van der Waals surface area contributed by atoms with Gasteiger partial charge in [-0.15, -0.1) is 0 Å². The molecular formula is C17H18Cl3N. The smallest absolute Gasteiger partial charge is 0.0624 e. The van der Waals surface area contributed by atoms with Crippen molar-refractivity contribution in [2.24, 2.45) is 0 Å². The van der Waals surface area contributed by atoms with Gasteiger partial charge in [0.25, 0.3) is 0 Å². The second-order valence-electron chi connectivity index (χ2n) is 5.03. The van der Waals surface area contributed by atoms with Crippen LogP contribution in [0.25, 0.3) is 0 Å². The molecule has 0 heterocycles. The van der Waals surface area contributed by atoms with Crippen LogP contribution >= 0.6 is 34.8 Å². The molecule has 0 saturated carbocycles. The number of benzene rings is 2. The highest BCUT2D eigenvalue weighted by Crippen LogP contribution is 2.30. The maximum absolute atomic E-state index is 6.31. The minimum atomic E-state index is 0.184. The van der Waals surface area contributed by atoms with Gasteiger partial charge < -0.3 is 5.32 Å². The summed E-state index contributed by atoms with van der Waals surface area (Å²) in [5, 5.41) is 5.49. The average Bonchev–Trinajstić information content (AvgIpc) is 2.43. The molecular weight excluding hydrogens is 325 g/mol. The third-order valence-electron chi connectivity index (χ3n) is 3.51. The van der Waals surface area contributed by atoms with E-state index >= 15 is 0 Å². The second kappa shape index (κ2) is 7.51. The zero-order valence-corrected chi connectivity index (χ0v) is 14.4. The fraction of sp³-hybridized carbons (Fsp3) is 0.294. The number of hydrogen-bond acceptors (Lipinski definition) is 1. The SMILES string of the molecule is CCNC(Cc1cccc(Cl)c1Cl)c1ccc(Cl)cc1C. The minimum Gasteiger partial charge on any atom is -0.310 e. The van der Waals surface area contributed by atoms with Crippen LogP contribution in [0, 0.1) is 6.92 Å². The monoisotopic (exact) mass is 341 g/mol. The molecule has 2 rings (SSSR count). The Morgan fingerprint density at radius 3 is 2.52 bits per heavy atom. The zero-order chi connectivity index (χ0) is 15.4. The molecule has 21 heavy (non-hydrogen) atoms. The van der Waals surface area contributed by atoms with E-state index in [2.05, 4.69) is 25.2 Å². The molecule has 0 amide bonds. The summed E-state index contributed by atoms with van der Waals surface area (Å²) in [6, 6.07) is 11.9. The molecule has 0 aliphatic carbocycles. The first-order chi connectivity index (χ1) is 10.0. The average molecular weight is 343 g/mol. The highest BCUT2D eigenvalue weighted by molar-refractivity contribution is 6.42. The molecule has 1 unspecified atom stereocenters. The Kier molecular flexibility index (Phi) is 5.95. The van der Waals surface area contributed by atoms with Gasteiger partial charge in [0.15, 0.2) is 0 Å². The lowest BCUT2D eigenvalue weighted by molar-refractivity contribution is 0.547. The summed E-state index contributed by atoms with van der Waals surface area (Å²) in [5.41, 5.74) is 3.45. The molecule has 1 atom stereocenters. The summed E-state index contributed by atoms with van der Waals surface area (Å²) < 4.78 is 0. The fourth-order valence-corrected chi connectivity index (χ4v) is 3.12. The molecule has 112 valence electrons. The topological polar surface area (TPSA) is 12.0 Å². The van der Waals surface area contributed by atoms with E-state index in [1.807, 2.05) is 30.3 Å². The molecule has 2 aromatic carbocycles. The summed E-state index contributed by atoms with van der Waals surface area (Å²) >= 11 is 18.5. The summed E-state index contributed by atoms with van der Waals surface area (Å²) in [6.07, 6.45) is 0.787. The van der Waals surface area contributed by atoms with Crippen LogP contribution in [0.5, 0.6) is 0 Å². The Hall–Kier alpha value is -0.730. The molecule has 0 spiro atoms. The molecule has 0 saturated heterocycles. The Labute approximate surface area is 141 Å². The van der Waals surface area contributed by atoms with Gasteiger partial charge >= 0.3 is 0 Å². The first-order valence-electron chi connectivity index (χ1n) is 6.95. The van der Waals surface area contributed by atoms with Gasteiger partial charge in [0.2, 0.25) is 0 Å². The Morgan fingerprint density at radius 1 is 1.10 bits per heavy atom. The number of hydrogen-bond donors (Lipinski definition) is 1. The number of rotatable bonds is 5. The van der Waals surface area contributed by atoms with Gasteiger partial charge in [0.05, 0.1) is 10.0 Å². The summed E-state index contributed by atoms with van der Waals surface area (Å²) in [5.74, 6) is 0. The molecule has 0 aromatic heterocycles. The molecule has 4 heteroatoms. The molecule has 0 fully saturated rings. The van der Waals surface area contributed by atoms with Crippen LogP contribution in [0.1, 0.15) is 29.7 Å². The maximum atomic E-state index is 6.31. The van der Waals surface area contributed by atoms with Crippen LogP contribution in [0.3, 0.4) is 0 Å². The Morgan fingerprint density at radius 2 is 1.86 bits per heavy atom. The first kappa shape index (κ1) is 16.6. The van der Waals surface area contributed by atoms with E-state index in [0.717, 1.165) is 23.6 Å². The van der Waals surface area contributed by atoms with Crippen molar-refractivity contribution in [1.29, 1.82) is 0 Å². The normalized spacial score (nSPS) is 12.4. The van der Waals surface area contributed by atoms with Crippen molar-refractivity contribution in [3.8, 4) is 0 Å². The summed E-state index contributed by atoms with van der Waals surface area (Å²) in [6.45, 7) is 5.05. The number of likely N-dealkylation sites (N-methyl/N-ethyl adjacent to an activating group) is 1. The third kappa shape index (κ3) is 4.14. The van der Waals surface area contributed by atoms with Crippen molar-refractivity contribution in [3.05, 3.63) is 68.2 Å². The summed E-state index contributed by atoms with van der Waals surface area (Å²) in [7, 11) is 0. The lowest BCUT2D eigenvalue weighted by atomic mass is 9.95. The maximum Gasteiger partial charge on any atom is 0.0624 e. The molecule has 0 bridgehead atoms. The third-order valence-corrected chi connectivity index (χ3v) is 4.61. The van der Waals surface area contributed by atoms with Crippen molar-refractivity contribution < 1.29 is 0 Å². The van der Waals surface area contributed by atoms with E-state index in [9.17, 15) is 0 Å². The minimum absolute atomic E-state index is 0.184. The molecule has 1 N–H and O–H groups in total. The quantitative estimate of drug-likeness (QED) is 0.719. The Balaban J connectivity index is 2.33. The number of nitrogens with one attached hydrogen (secondary N) is 1. The molecule has 0 aliphatic rings. The van der Waals surface area contributed by atoms with Crippen molar-refractivity contribution in [1.82, 2.24) is 5.32 Å². The van der Waals surface area contributed by atoms with Gasteiger partial charge in [0.1, 0.15) is 0 Å². The van der Waals surface area contributed by atoms with Gasteiger partial charge in [-0.3, -0.25) is 0 Å². The van der Waals surface area contributed by atoms with Gasteiger partial charge in [0, 0.05) is 11.1 Å². The van der Waals surface area contributed by atoms with Crippen molar-refractivity contribution in [3.63, 3.8) is 0 Å². The molecule has 1 nitrogen and oxygen atoms in total. The number of aryl methyl sites for hydroxylation is 1. The van der Waals surface area contributed by atoms with Gasteiger partial charge in [-0.05, 0) is 54.8 Å². The van der Waals surface area contributed by atoms with E-state index in [4.69, 9.17) is 34.8 Å². The van der Waals surface area contributed by atoms with Crippen LogP contribution in [0.2, 0.25) is 15.1 Å². The van der Waals surface area contributed by atoms with Crippen LogP contribution < -0.4 is 5.32 Å². The Bertz CT molecular complexity index is 625. The molecule has 0 radical (unpaired) electrons. The van der Waals surface area contributed by atoms with Crippen LogP contribution in [0.15, 0.2) is 36.4 Å². The van der Waals surface area contributed by atoms with Crippen molar-refractivity contribution in [2.45, 2.75) is 26.3 Å². The van der Waals surface area contributed by atoms with Crippen LogP contribution in [-0.2, 0) is 6.42 Å². The first-order valence-corrected chi connectivity index (χ1v) is 8.08. The summed E-state index contributed by atoms with van der Waals surface area (Å²) in [4.78, 5) is 0. The van der Waals surface area contributed by atoms with Gasteiger partial charge in [-0.25, -0.2) is 0 Å². The van der Waals surface area contributed by atoms with E-state index in [1.54, 1.807) is 0 Å². The zero-order valence-electron chi connectivity index (χ0n) is 12.1. The van der Waals surface area contributed by atoms with E-state index in [0.29, 0.717) is 10.0 Å². The van der Waals surface area contributed by atoms with Gasteiger partial charge in [-0.1, -0.05) is 59.9 Å². The lowest BCUT2D eigenvalue weighted by Crippen LogP contribution is -2.23. The predicted octanol–water partition coefficient (Wildman–Crippen LogP) is 5.85. The van der Waals surface area contributed by atoms with E-state index < -0.39 is 0 Å². The van der Waals surface area contributed by atoms with Crippen molar-refractivity contribution in [2.75, 3.05) is 6.54 Å². The van der Waals surface area contributed by atoms with Crippen molar-refractivity contribution >= 4 is 34.8 Å². The van der Waals surface area contributed by atoms with Crippen LogP contribution in [-0.4, -0.2) is 6.54 Å². The highest BCUT2D eigenvalue weighted by Gasteiger charge is 2.16. The number of halogens is 3. The second-order valence-corrected chi connectivity index (χ2v) is 6.25. The fourth-order valence-electron chi connectivity index (χ4n) is 2.49. The molecule has 0 aliphatic heterocycles. The van der Waals surface area contributed by atoms with Gasteiger partial charge in [-0.2, -0.15) is 0 Å². The standard InChI is InChI=1S/C17H18Cl3N/c1-3-21-16(14-8-7-13(18)9-11(14)2)10-12-5-4-6-15(19)17(12)20/h4-9,16,21H,3,10H2,1-2H3.